The lowest BCUT2D eigenvalue weighted by atomic mass is 10.1. The number of ether oxygens (including phenoxy) is 1. The van der Waals surface area contributed by atoms with Gasteiger partial charge in [0.05, 0.1) is 12.8 Å². The van der Waals surface area contributed by atoms with Crippen molar-refractivity contribution in [2.45, 2.75) is 25.8 Å². The first-order chi connectivity index (χ1) is 12.7. The molecule has 2 fully saturated rings. The van der Waals surface area contributed by atoms with Crippen LogP contribution < -0.4 is 20.3 Å². The minimum atomic E-state index is 0. The van der Waals surface area contributed by atoms with Gasteiger partial charge in [-0.25, -0.2) is 0 Å². The zero-order chi connectivity index (χ0) is 18.4. The molecule has 0 spiro atoms. The normalized spacial score (nSPS) is 23.2. The Morgan fingerprint density at radius 2 is 2.04 bits per heavy atom. The molecule has 2 aliphatic rings. The maximum Gasteiger partial charge on any atom is 0.191 e. The summed E-state index contributed by atoms with van der Waals surface area (Å²) in [4.78, 5) is 9.33. The van der Waals surface area contributed by atoms with Crippen LogP contribution in [-0.4, -0.2) is 70.3 Å². The van der Waals surface area contributed by atoms with Crippen LogP contribution in [0.25, 0.3) is 0 Å². The molecule has 2 unspecified atom stereocenters. The fraction of sp³-hybridized carbons (Fsp3) is 0.650. The Balaban J connectivity index is 0.00000261. The highest BCUT2D eigenvalue weighted by atomic mass is 127. The standard InChI is InChI=1S/C20H33N5O.HI/c1-4-24-11-9-16(14-24)13-22-20(21-2)23-17-10-12-25(15-17)18-7-5-6-8-19(18)26-3;/h5-8,16-17H,4,9-15H2,1-3H3,(H2,21,22,23);1H. The number of halogens is 1. The Hall–Kier alpha value is -1.22. The lowest BCUT2D eigenvalue weighted by Gasteiger charge is -2.22. The molecule has 6 nitrogen and oxygen atoms in total. The number of hydrogen-bond donors (Lipinski definition) is 2. The Kier molecular flexibility index (Phi) is 8.95. The Bertz CT molecular complexity index is 612. The van der Waals surface area contributed by atoms with Crippen molar-refractivity contribution >= 4 is 35.6 Å². The van der Waals surface area contributed by atoms with Gasteiger partial charge in [-0.15, -0.1) is 24.0 Å². The van der Waals surface area contributed by atoms with E-state index in [9.17, 15) is 0 Å². The van der Waals surface area contributed by atoms with Crippen LogP contribution >= 0.6 is 24.0 Å². The number of anilines is 1. The summed E-state index contributed by atoms with van der Waals surface area (Å²) in [5.41, 5.74) is 1.17. The Morgan fingerprint density at radius 1 is 1.22 bits per heavy atom. The van der Waals surface area contributed by atoms with Gasteiger partial charge in [-0.1, -0.05) is 19.1 Å². The van der Waals surface area contributed by atoms with Gasteiger partial charge in [-0.3, -0.25) is 4.99 Å². The lowest BCUT2D eigenvalue weighted by molar-refractivity contribution is 0.341. The molecule has 0 amide bonds. The molecular weight excluding hydrogens is 453 g/mol. The monoisotopic (exact) mass is 487 g/mol. The van der Waals surface area contributed by atoms with Crippen molar-refractivity contribution in [2.75, 3.05) is 58.3 Å². The molecule has 1 aromatic rings. The number of aliphatic imine (C=N–C) groups is 1. The molecule has 0 radical (unpaired) electrons. The van der Waals surface area contributed by atoms with Crippen molar-refractivity contribution in [3.8, 4) is 5.75 Å². The number of benzene rings is 1. The topological polar surface area (TPSA) is 52.1 Å². The number of nitrogens with one attached hydrogen (secondary N) is 2. The van der Waals surface area contributed by atoms with Gasteiger partial charge in [-0.05, 0) is 44.0 Å². The second kappa shape index (κ2) is 10.9. The third-order valence-electron chi connectivity index (χ3n) is 5.55. The van der Waals surface area contributed by atoms with Crippen LogP contribution in [0.4, 0.5) is 5.69 Å². The zero-order valence-electron chi connectivity index (χ0n) is 16.8. The van der Waals surface area contributed by atoms with E-state index in [1.807, 2.05) is 19.2 Å². The van der Waals surface area contributed by atoms with Gasteiger partial charge in [0.1, 0.15) is 5.75 Å². The van der Waals surface area contributed by atoms with E-state index < -0.39 is 0 Å². The largest absolute Gasteiger partial charge is 0.495 e. The number of para-hydroxylation sites is 2. The molecular formula is C20H34IN5O. The molecule has 3 rings (SSSR count). The molecule has 0 aliphatic carbocycles. The summed E-state index contributed by atoms with van der Waals surface area (Å²) in [6, 6.07) is 8.65. The average molecular weight is 487 g/mol. The van der Waals surface area contributed by atoms with Crippen LogP contribution in [0.2, 0.25) is 0 Å². The summed E-state index contributed by atoms with van der Waals surface area (Å²) in [6.07, 6.45) is 2.38. The second-order valence-electron chi connectivity index (χ2n) is 7.25. The van der Waals surface area contributed by atoms with Gasteiger partial charge in [0.15, 0.2) is 5.96 Å². The Morgan fingerprint density at radius 3 is 2.74 bits per heavy atom. The molecule has 0 saturated carbocycles. The minimum absolute atomic E-state index is 0. The van der Waals surface area contributed by atoms with E-state index in [1.54, 1.807) is 7.11 Å². The predicted octanol–water partition coefficient (Wildman–Crippen LogP) is 2.40. The smallest absolute Gasteiger partial charge is 0.191 e. The number of nitrogens with zero attached hydrogens (tertiary/aromatic N) is 3. The zero-order valence-corrected chi connectivity index (χ0v) is 19.1. The van der Waals surface area contributed by atoms with Gasteiger partial charge in [0.25, 0.3) is 0 Å². The van der Waals surface area contributed by atoms with E-state index >= 15 is 0 Å². The highest BCUT2D eigenvalue weighted by Gasteiger charge is 2.26. The molecule has 0 bridgehead atoms. The fourth-order valence-electron chi connectivity index (χ4n) is 3.98. The van der Waals surface area contributed by atoms with E-state index in [0.29, 0.717) is 6.04 Å². The molecule has 2 heterocycles. The number of guanidine groups is 1. The van der Waals surface area contributed by atoms with Crippen LogP contribution in [0.3, 0.4) is 0 Å². The summed E-state index contributed by atoms with van der Waals surface area (Å²) in [6.45, 7) is 8.82. The first-order valence-corrected chi connectivity index (χ1v) is 9.81. The van der Waals surface area contributed by atoms with Crippen LogP contribution in [-0.2, 0) is 0 Å². The summed E-state index contributed by atoms with van der Waals surface area (Å²) in [5.74, 6) is 2.59. The van der Waals surface area contributed by atoms with Gasteiger partial charge in [0, 0.05) is 39.3 Å². The van der Waals surface area contributed by atoms with E-state index in [2.05, 4.69) is 44.5 Å². The molecule has 2 saturated heterocycles. The van der Waals surface area contributed by atoms with Crippen LogP contribution in [0.15, 0.2) is 29.3 Å². The van der Waals surface area contributed by atoms with Gasteiger partial charge in [0.2, 0.25) is 0 Å². The highest BCUT2D eigenvalue weighted by Crippen LogP contribution is 2.30. The number of rotatable bonds is 6. The molecule has 27 heavy (non-hydrogen) atoms. The van der Waals surface area contributed by atoms with Gasteiger partial charge >= 0.3 is 0 Å². The number of likely N-dealkylation sites (tertiary alicyclic amines) is 1. The molecule has 0 aromatic heterocycles. The van der Waals surface area contributed by atoms with Crippen molar-refractivity contribution in [1.82, 2.24) is 15.5 Å². The fourth-order valence-corrected chi connectivity index (χ4v) is 3.98. The van der Waals surface area contributed by atoms with Crippen molar-refractivity contribution in [2.24, 2.45) is 10.9 Å². The summed E-state index contributed by atoms with van der Waals surface area (Å²) in [7, 11) is 3.59. The van der Waals surface area contributed by atoms with Crippen molar-refractivity contribution in [3.63, 3.8) is 0 Å². The summed E-state index contributed by atoms with van der Waals surface area (Å²) >= 11 is 0. The SMILES string of the molecule is CCN1CCC(CNC(=NC)NC2CCN(c3ccccc3OC)C2)C1.I. The van der Waals surface area contributed by atoms with E-state index in [0.717, 1.165) is 50.2 Å². The van der Waals surface area contributed by atoms with Crippen molar-refractivity contribution in [1.29, 1.82) is 0 Å². The summed E-state index contributed by atoms with van der Waals surface area (Å²) < 4.78 is 5.51. The molecule has 7 heteroatoms. The highest BCUT2D eigenvalue weighted by molar-refractivity contribution is 14.0. The number of methoxy groups -OCH3 is 1. The number of hydrogen-bond acceptors (Lipinski definition) is 4. The van der Waals surface area contributed by atoms with Gasteiger partial charge in [-0.2, -0.15) is 0 Å². The maximum absolute atomic E-state index is 5.51. The minimum Gasteiger partial charge on any atom is -0.495 e. The Labute approximate surface area is 180 Å². The third kappa shape index (κ3) is 5.88. The van der Waals surface area contributed by atoms with Crippen LogP contribution in [0.5, 0.6) is 5.75 Å². The van der Waals surface area contributed by atoms with Crippen molar-refractivity contribution in [3.05, 3.63) is 24.3 Å². The molecule has 2 aliphatic heterocycles. The molecule has 1 aromatic carbocycles. The van der Waals surface area contributed by atoms with Crippen LogP contribution in [0.1, 0.15) is 19.8 Å². The lowest BCUT2D eigenvalue weighted by Crippen LogP contribution is -2.46. The van der Waals surface area contributed by atoms with E-state index in [-0.39, 0.29) is 24.0 Å². The maximum atomic E-state index is 5.51. The van der Waals surface area contributed by atoms with Crippen LogP contribution in [0, 0.1) is 5.92 Å². The quantitative estimate of drug-likeness (QED) is 0.367. The molecule has 2 atom stereocenters. The van der Waals surface area contributed by atoms with E-state index in [1.165, 1.54) is 25.2 Å². The molecule has 2 N–H and O–H groups in total. The van der Waals surface area contributed by atoms with Gasteiger partial charge < -0.3 is 25.2 Å². The third-order valence-corrected chi connectivity index (χ3v) is 5.55. The van der Waals surface area contributed by atoms with Crippen molar-refractivity contribution < 1.29 is 4.74 Å². The van der Waals surface area contributed by atoms with E-state index in [4.69, 9.17) is 4.74 Å². The average Bonchev–Trinajstić information content (AvgIpc) is 3.34. The second-order valence-corrected chi connectivity index (χ2v) is 7.25. The summed E-state index contributed by atoms with van der Waals surface area (Å²) in [5, 5.41) is 7.12. The predicted molar refractivity (Wildman–Crippen MR) is 124 cm³/mol. The first-order valence-electron chi connectivity index (χ1n) is 9.81. The molecule has 152 valence electrons. The first kappa shape index (κ1) is 22.1.